The maximum atomic E-state index is 13.1. The third-order valence-corrected chi connectivity index (χ3v) is 6.88. The molecule has 0 N–H and O–H groups in total. The molecule has 0 aliphatic carbocycles. The SMILES string of the molecule is O=C(COc1ccccc1)N(CCc1csc2nc(-c3ccc(Cl)cc3)cn12)Cc1ccccc1. The molecule has 0 fully saturated rings. The lowest BCUT2D eigenvalue weighted by Gasteiger charge is -2.23. The first-order valence-corrected chi connectivity index (χ1v) is 12.6. The molecule has 35 heavy (non-hydrogen) atoms. The van der Waals surface area contributed by atoms with Crippen LogP contribution in [0.5, 0.6) is 5.75 Å². The van der Waals surface area contributed by atoms with Crippen molar-refractivity contribution in [2.75, 3.05) is 13.2 Å². The molecule has 0 saturated carbocycles. The molecule has 176 valence electrons. The van der Waals surface area contributed by atoms with Crippen molar-refractivity contribution in [3.8, 4) is 17.0 Å². The normalized spacial score (nSPS) is 11.0. The smallest absolute Gasteiger partial charge is 0.260 e. The van der Waals surface area contributed by atoms with Crippen molar-refractivity contribution in [3.05, 3.63) is 113 Å². The number of fused-ring (bicyclic) bond motifs is 1. The summed E-state index contributed by atoms with van der Waals surface area (Å²) in [6.45, 7) is 1.11. The number of nitrogens with zero attached hydrogens (tertiary/aromatic N) is 3. The predicted molar refractivity (Wildman–Crippen MR) is 141 cm³/mol. The fourth-order valence-electron chi connectivity index (χ4n) is 3.87. The lowest BCUT2D eigenvalue weighted by atomic mass is 10.2. The number of benzene rings is 3. The van der Waals surface area contributed by atoms with Crippen LogP contribution in [0.15, 0.2) is 96.5 Å². The van der Waals surface area contributed by atoms with Gasteiger partial charge in [0.15, 0.2) is 11.6 Å². The topological polar surface area (TPSA) is 46.8 Å². The van der Waals surface area contributed by atoms with Crippen LogP contribution < -0.4 is 4.74 Å². The second kappa shape index (κ2) is 10.8. The van der Waals surface area contributed by atoms with Crippen LogP contribution in [0.25, 0.3) is 16.2 Å². The molecule has 5 nitrogen and oxygen atoms in total. The van der Waals surface area contributed by atoms with Crippen LogP contribution in [-0.4, -0.2) is 33.3 Å². The number of thiazole rings is 1. The average molecular weight is 502 g/mol. The molecule has 2 heterocycles. The summed E-state index contributed by atoms with van der Waals surface area (Å²) in [6, 6.07) is 27.1. The summed E-state index contributed by atoms with van der Waals surface area (Å²) in [7, 11) is 0. The minimum atomic E-state index is -0.0448. The van der Waals surface area contributed by atoms with Gasteiger partial charge in [0.05, 0.1) is 5.69 Å². The zero-order valence-electron chi connectivity index (χ0n) is 19.0. The summed E-state index contributed by atoms with van der Waals surface area (Å²) in [5.41, 5.74) is 4.13. The minimum absolute atomic E-state index is 0.00167. The Bertz CT molecular complexity index is 1400. The molecule has 1 amide bonds. The Morgan fingerprint density at radius 2 is 1.69 bits per heavy atom. The number of hydrogen-bond donors (Lipinski definition) is 0. The molecule has 0 aliphatic heterocycles. The van der Waals surface area contributed by atoms with Gasteiger partial charge in [-0.25, -0.2) is 4.98 Å². The number of amides is 1. The van der Waals surface area contributed by atoms with Crippen LogP contribution in [0.2, 0.25) is 5.02 Å². The second-order valence-corrected chi connectivity index (χ2v) is 9.44. The third-order valence-electron chi connectivity index (χ3n) is 5.74. The summed E-state index contributed by atoms with van der Waals surface area (Å²) >= 11 is 7.63. The molecule has 0 aliphatic rings. The van der Waals surface area contributed by atoms with E-state index in [-0.39, 0.29) is 12.5 Å². The van der Waals surface area contributed by atoms with E-state index in [2.05, 4.69) is 9.78 Å². The van der Waals surface area contributed by atoms with Crippen molar-refractivity contribution in [2.45, 2.75) is 13.0 Å². The lowest BCUT2D eigenvalue weighted by molar-refractivity contribution is -0.134. The highest BCUT2D eigenvalue weighted by atomic mass is 35.5. The van der Waals surface area contributed by atoms with E-state index in [1.807, 2.05) is 96.0 Å². The van der Waals surface area contributed by atoms with Gasteiger partial charge < -0.3 is 9.64 Å². The first-order chi connectivity index (χ1) is 17.2. The van der Waals surface area contributed by atoms with Gasteiger partial charge in [-0.15, -0.1) is 11.3 Å². The van der Waals surface area contributed by atoms with Crippen molar-refractivity contribution in [2.24, 2.45) is 0 Å². The summed E-state index contributed by atoms with van der Waals surface area (Å²) < 4.78 is 7.85. The van der Waals surface area contributed by atoms with Gasteiger partial charge in [0.1, 0.15) is 5.75 Å². The Labute approximate surface area is 213 Å². The molecule has 0 spiro atoms. The van der Waals surface area contributed by atoms with Gasteiger partial charge in [0.2, 0.25) is 0 Å². The highest BCUT2D eigenvalue weighted by Gasteiger charge is 2.17. The van der Waals surface area contributed by atoms with E-state index in [1.165, 1.54) is 0 Å². The zero-order valence-corrected chi connectivity index (χ0v) is 20.6. The average Bonchev–Trinajstić information content (AvgIpc) is 3.48. The Morgan fingerprint density at radius 1 is 0.971 bits per heavy atom. The molecule has 3 aromatic carbocycles. The number of para-hydroxylation sites is 1. The summed E-state index contributed by atoms with van der Waals surface area (Å²) in [4.78, 5) is 20.7. The quantitative estimate of drug-likeness (QED) is 0.236. The first kappa shape index (κ1) is 23.1. The molecule has 0 saturated heterocycles. The minimum Gasteiger partial charge on any atom is -0.484 e. The van der Waals surface area contributed by atoms with Crippen LogP contribution in [0.3, 0.4) is 0 Å². The van der Waals surface area contributed by atoms with Gasteiger partial charge in [-0.2, -0.15) is 0 Å². The number of aromatic nitrogens is 2. The number of carbonyl (C=O) groups excluding carboxylic acids is 1. The Morgan fingerprint density at radius 3 is 2.43 bits per heavy atom. The van der Waals surface area contributed by atoms with Crippen LogP contribution in [0, 0.1) is 0 Å². The van der Waals surface area contributed by atoms with Gasteiger partial charge in [0.25, 0.3) is 5.91 Å². The van der Waals surface area contributed by atoms with Crippen LogP contribution in [0.4, 0.5) is 0 Å². The van der Waals surface area contributed by atoms with Gasteiger partial charge >= 0.3 is 0 Å². The van der Waals surface area contributed by atoms with E-state index >= 15 is 0 Å². The van der Waals surface area contributed by atoms with E-state index < -0.39 is 0 Å². The van der Waals surface area contributed by atoms with E-state index in [4.69, 9.17) is 21.3 Å². The highest BCUT2D eigenvalue weighted by Crippen LogP contribution is 2.25. The third kappa shape index (κ3) is 5.73. The molecule has 5 aromatic rings. The molecule has 0 atom stereocenters. The summed E-state index contributed by atoms with van der Waals surface area (Å²) in [6.07, 6.45) is 2.76. The standard InChI is InChI=1S/C28H24ClN3O2S/c29-23-13-11-22(12-14-23)26-18-32-24(20-35-28(32)30-26)15-16-31(17-21-7-3-1-4-8-21)27(33)19-34-25-9-5-2-6-10-25/h1-14,18,20H,15-17,19H2. The predicted octanol–water partition coefficient (Wildman–Crippen LogP) is 6.37. The van der Waals surface area contributed by atoms with Crippen molar-refractivity contribution >= 4 is 33.8 Å². The molecule has 7 heteroatoms. The number of halogens is 1. The largest absolute Gasteiger partial charge is 0.484 e. The number of ether oxygens (including phenoxy) is 1. The summed E-state index contributed by atoms with van der Waals surface area (Å²) in [5.74, 6) is 0.643. The first-order valence-electron chi connectivity index (χ1n) is 11.4. The maximum absolute atomic E-state index is 13.1. The van der Waals surface area contributed by atoms with Gasteiger partial charge in [-0.1, -0.05) is 72.3 Å². The van der Waals surface area contributed by atoms with Gasteiger partial charge in [-0.3, -0.25) is 9.20 Å². The van der Waals surface area contributed by atoms with E-state index in [9.17, 15) is 4.79 Å². The zero-order chi connectivity index (χ0) is 24.0. The van der Waals surface area contributed by atoms with Gasteiger partial charge in [-0.05, 0) is 29.8 Å². The Kier molecular flexibility index (Phi) is 7.12. The number of rotatable bonds is 9. The fraction of sp³-hybridized carbons (Fsp3) is 0.143. The van der Waals surface area contributed by atoms with E-state index in [0.29, 0.717) is 30.3 Å². The van der Waals surface area contributed by atoms with Crippen molar-refractivity contribution < 1.29 is 9.53 Å². The highest BCUT2D eigenvalue weighted by molar-refractivity contribution is 7.15. The molecule has 2 aromatic heterocycles. The fourth-order valence-corrected chi connectivity index (χ4v) is 4.90. The van der Waals surface area contributed by atoms with Crippen LogP contribution >= 0.6 is 22.9 Å². The van der Waals surface area contributed by atoms with Crippen molar-refractivity contribution in [1.29, 1.82) is 0 Å². The Balaban J connectivity index is 1.31. The second-order valence-electron chi connectivity index (χ2n) is 8.17. The molecule has 0 unspecified atom stereocenters. The number of carbonyl (C=O) groups is 1. The van der Waals surface area contributed by atoms with E-state index in [1.54, 1.807) is 11.3 Å². The monoisotopic (exact) mass is 501 g/mol. The summed E-state index contributed by atoms with van der Waals surface area (Å²) in [5, 5.41) is 2.81. The molecular formula is C28H24ClN3O2S. The molecule has 5 rings (SSSR count). The molecular weight excluding hydrogens is 478 g/mol. The molecule has 0 bridgehead atoms. The van der Waals surface area contributed by atoms with Crippen LogP contribution in [-0.2, 0) is 17.8 Å². The van der Waals surface area contributed by atoms with Gasteiger partial charge in [0, 0.05) is 47.4 Å². The van der Waals surface area contributed by atoms with E-state index in [0.717, 1.165) is 27.5 Å². The van der Waals surface area contributed by atoms with Crippen molar-refractivity contribution in [3.63, 3.8) is 0 Å². The van der Waals surface area contributed by atoms with Crippen molar-refractivity contribution in [1.82, 2.24) is 14.3 Å². The number of hydrogen-bond acceptors (Lipinski definition) is 4. The lowest BCUT2D eigenvalue weighted by Crippen LogP contribution is -2.36. The molecule has 0 radical (unpaired) electrons. The van der Waals surface area contributed by atoms with Crippen LogP contribution in [0.1, 0.15) is 11.3 Å². The Hall–Kier alpha value is -3.61. The number of imidazole rings is 1. The maximum Gasteiger partial charge on any atom is 0.260 e.